The van der Waals surface area contributed by atoms with Gasteiger partial charge >= 0.3 is 0 Å². The number of pyridine rings is 1. The number of nitrogens with zero attached hydrogens (tertiary/aromatic N) is 1. The first-order valence-corrected chi connectivity index (χ1v) is 5.98. The van der Waals surface area contributed by atoms with Gasteiger partial charge in [-0.3, -0.25) is 4.98 Å². The van der Waals surface area contributed by atoms with Gasteiger partial charge in [-0.15, -0.1) is 0 Å². The van der Waals surface area contributed by atoms with Crippen LogP contribution in [0.1, 0.15) is 43.7 Å². The highest BCUT2D eigenvalue weighted by atomic mass is 16.5. The molecule has 16 heavy (non-hydrogen) atoms. The molecule has 0 radical (unpaired) electrons. The minimum absolute atomic E-state index is 0.181. The lowest BCUT2D eigenvalue weighted by Gasteiger charge is -2.18. The summed E-state index contributed by atoms with van der Waals surface area (Å²) in [5.74, 6) is 1.19. The van der Waals surface area contributed by atoms with Crippen molar-refractivity contribution in [3.8, 4) is 5.75 Å². The first kappa shape index (κ1) is 11.4. The molecule has 0 bridgehead atoms. The Hall–Kier alpha value is -1.09. The number of aliphatic hydroxyl groups excluding tert-OH is 1. The van der Waals surface area contributed by atoms with Gasteiger partial charge in [0.25, 0.3) is 0 Å². The van der Waals surface area contributed by atoms with Crippen LogP contribution in [0.2, 0.25) is 0 Å². The van der Waals surface area contributed by atoms with E-state index in [-0.39, 0.29) is 6.10 Å². The monoisotopic (exact) mass is 221 g/mol. The molecule has 1 saturated carbocycles. The Labute approximate surface area is 96.5 Å². The average molecular weight is 221 g/mol. The molecule has 1 fully saturated rings. The van der Waals surface area contributed by atoms with Crippen LogP contribution < -0.4 is 4.74 Å². The summed E-state index contributed by atoms with van der Waals surface area (Å²) in [6, 6.07) is 3.83. The Bertz CT molecular complexity index is 340. The fourth-order valence-electron chi connectivity index (χ4n) is 2.47. The highest BCUT2D eigenvalue weighted by Gasteiger charge is 2.23. The minimum atomic E-state index is -0.181. The van der Waals surface area contributed by atoms with Crippen LogP contribution in [0.15, 0.2) is 18.3 Å². The van der Waals surface area contributed by atoms with Gasteiger partial charge in [-0.05, 0) is 31.4 Å². The van der Waals surface area contributed by atoms with Gasteiger partial charge in [0.15, 0.2) is 0 Å². The number of ether oxygens (including phenoxy) is 1. The van der Waals surface area contributed by atoms with Crippen molar-refractivity contribution in [1.82, 2.24) is 4.98 Å². The molecule has 0 aliphatic heterocycles. The van der Waals surface area contributed by atoms with Crippen molar-refractivity contribution in [2.45, 2.75) is 44.1 Å². The van der Waals surface area contributed by atoms with Crippen molar-refractivity contribution in [2.24, 2.45) is 0 Å². The van der Waals surface area contributed by atoms with Crippen molar-refractivity contribution in [3.05, 3.63) is 24.0 Å². The van der Waals surface area contributed by atoms with Crippen LogP contribution in [0.5, 0.6) is 5.75 Å². The molecule has 0 spiro atoms. The van der Waals surface area contributed by atoms with E-state index in [4.69, 9.17) is 4.74 Å². The molecule has 2 unspecified atom stereocenters. The second-order valence-corrected chi connectivity index (χ2v) is 4.46. The molecule has 1 aliphatic carbocycles. The van der Waals surface area contributed by atoms with Crippen LogP contribution in [0.25, 0.3) is 0 Å². The van der Waals surface area contributed by atoms with Crippen LogP contribution in [-0.4, -0.2) is 23.3 Å². The van der Waals surface area contributed by atoms with Crippen molar-refractivity contribution in [1.29, 1.82) is 0 Å². The summed E-state index contributed by atoms with van der Waals surface area (Å²) >= 11 is 0. The molecule has 2 atom stereocenters. The lowest BCUT2D eigenvalue weighted by Crippen LogP contribution is -2.11. The minimum Gasteiger partial charge on any atom is -0.495 e. The molecule has 1 N–H and O–H groups in total. The van der Waals surface area contributed by atoms with Gasteiger partial charge in [0, 0.05) is 12.1 Å². The van der Waals surface area contributed by atoms with E-state index in [1.165, 1.54) is 6.42 Å². The van der Waals surface area contributed by atoms with Gasteiger partial charge in [-0.2, -0.15) is 0 Å². The van der Waals surface area contributed by atoms with Gasteiger partial charge in [0.2, 0.25) is 0 Å². The first-order chi connectivity index (χ1) is 7.81. The Morgan fingerprint density at radius 3 is 3.00 bits per heavy atom. The van der Waals surface area contributed by atoms with E-state index in [1.807, 2.05) is 12.1 Å². The molecule has 1 aromatic heterocycles. The summed E-state index contributed by atoms with van der Waals surface area (Å²) in [5, 5.41) is 9.82. The summed E-state index contributed by atoms with van der Waals surface area (Å²) in [6.07, 6.45) is 6.74. The third kappa shape index (κ3) is 2.53. The number of aromatic nitrogens is 1. The summed E-state index contributed by atoms with van der Waals surface area (Å²) < 4.78 is 5.33. The third-order valence-corrected chi connectivity index (χ3v) is 3.30. The lowest BCUT2D eigenvalue weighted by molar-refractivity contribution is 0.151. The van der Waals surface area contributed by atoms with Crippen molar-refractivity contribution in [3.63, 3.8) is 0 Å². The predicted molar refractivity (Wildman–Crippen MR) is 62.6 cm³/mol. The average Bonchev–Trinajstić information content (AvgIpc) is 2.54. The normalized spacial score (nSPS) is 26.1. The molecule has 3 heteroatoms. The second kappa shape index (κ2) is 5.30. The zero-order chi connectivity index (χ0) is 11.4. The van der Waals surface area contributed by atoms with Crippen LogP contribution >= 0.6 is 0 Å². The van der Waals surface area contributed by atoms with Crippen molar-refractivity contribution < 1.29 is 9.84 Å². The van der Waals surface area contributed by atoms with E-state index in [9.17, 15) is 5.11 Å². The second-order valence-electron chi connectivity index (χ2n) is 4.46. The number of hydrogen-bond acceptors (Lipinski definition) is 3. The van der Waals surface area contributed by atoms with E-state index in [0.29, 0.717) is 5.92 Å². The maximum Gasteiger partial charge on any atom is 0.140 e. The van der Waals surface area contributed by atoms with Gasteiger partial charge in [0.1, 0.15) is 5.75 Å². The molecule has 1 aromatic rings. The maximum atomic E-state index is 9.82. The standard InChI is InChI=1S/C13H19NO2/c1-16-12-7-4-8-14-13(12)10-5-2-3-6-11(15)9-10/h4,7-8,10-11,15H,2-3,5-6,9H2,1H3. The van der Waals surface area contributed by atoms with E-state index >= 15 is 0 Å². The Kier molecular flexibility index (Phi) is 3.78. The highest BCUT2D eigenvalue weighted by molar-refractivity contribution is 5.30. The molecule has 0 saturated heterocycles. The van der Waals surface area contributed by atoms with E-state index in [0.717, 1.165) is 37.1 Å². The number of methoxy groups -OCH3 is 1. The van der Waals surface area contributed by atoms with Gasteiger partial charge < -0.3 is 9.84 Å². The zero-order valence-electron chi connectivity index (χ0n) is 9.72. The first-order valence-electron chi connectivity index (χ1n) is 5.98. The number of rotatable bonds is 2. The SMILES string of the molecule is COc1cccnc1C1CCCCC(O)C1. The molecule has 2 rings (SSSR count). The van der Waals surface area contributed by atoms with E-state index in [1.54, 1.807) is 13.3 Å². The topological polar surface area (TPSA) is 42.4 Å². The summed E-state index contributed by atoms with van der Waals surface area (Å²) in [6.45, 7) is 0. The van der Waals surface area contributed by atoms with Gasteiger partial charge in [-0.25, -0.2) is 0 Å². The maximum absolute atomic E-state index is 9.82. The van der Waals surface area contributed by atoms with Crippen molar-refractivity contribution in [2.75, 3.05) is 7.11 Å². The van der Waals surface area contributed by atoms with Crippen LogP contribution in [-0.2, 0) is 0 Å². The van der Waals surface area contributed by atoms with E-state index in [2.05, 4.69) is 4.98 Å². The van der Waals surface area contributed by atoms with Crippen LogP contribution in [0.4, 0.5) is 0 Å². The third-order valence-electron chi connectivity index (χ3n) is 3.30. The molecule has 3 nitrogen and oxygen atoms in total. The van der Waals surface area contributed by atoms with Crippen LogP contribution in [0.3, 0.4) is 0 Å². The Morgan fingerprint density at radius 1 is 1.38 bits per heavy atom. The molecule has 1 aliphatic rings. The molecule has 88 valence electrons. The van der Waals surface area contributed by atoms with Crippen LogP contribution in [0, 0.1) is 0 Å². The Morgan fingerprint density at radius 2 is 2.19 bits per heavy atom. The van der Waals surface area contributed by atoms with E-state index < -0.39 is 0 Å². The highest BCUT2D eigenvalue weighted by Crippen LogP contribution is 2.34. The Balaban J connectivity index is 2.20. The molecular formula is C13H19NO2. The van der Waals surface area contributed by atoms with Gasteiger partial charge in [0.05, 0.1) is 18.9 Å². The largest absolute Gasteiger partial charge is 0.495 e. The summed E-state index contributed by atoms with van der Waals surface area (Å²) in [5.41, 5.74) is 1.01. The molecule has 0 amide bonds. The summed E-state index contributed by atoms with van der Waals surface area (Å²) in [7, 11) is 1.67. The summed E-state index contributed by atoms with van der Waals surface area (Å²) in [4.78, 5) is 4.41. The zero-order valence-corrected chi connectivity index (χ0v) is 9.72. The molecular weight excluding hydrogens is 202 g/mol. The number of aliphatic hydroxyl groups is 1. The fraction of sp³-hybridized carbons (Fsp3) is 0.615. The smallest absolute Gasteiger partial charge is 0.140 e. The fourth-order valence-corrected chi connectivity index (χ4v) is 2.47. The van der Waals surface area contributed by atoms with Crippen molar-refractivity contribution >= 4 is 0 Å². The lowest BCUT2D eigenvalue weighted by atomic mass is 9.94. The predicted octanol–water partition coefficient (Wildman–Crippen LogP) is 2.50. The number of hydrogen-bond donors (Lipinski definition) is 1. The van der Waals surface area contributed by atoms with Gasteiger partial charge in [-0.1, -0.05) is 12.8 Å². The quantitative estimate of drug-likeness (QED) is 0.780. The molecule has 1 heterocycles. The molecule has 0 aromatic carbocycles.